The Kier molecular flexibility index (Phi) is 11.7. The van der Waals surface area contributed by atoms with Gasteiger partial charge in [-0.15, -0.1) is 0 Å². The van der Waals surface area contributed by atoms with E-state index in [2.05, 4.69) is 19.1 Å². The van der Waals surface area contributed by atoms with Crippen LogP contribution in [0, 0.1) is 17.3 Å². The number of hydrogen-bond acceptors (Lipinski definition) is 7. The van der Waals surface area contributed by atoms with Gasteiger partial charge in [-0.3, -0.25) is 0 Å². The number of methoxy groups -OCH3 is 1. The molecule has 1 N–H and O–H groups in total. The molecule has 1 aromatic rings. The van der Waals surface area contributed by atoms with E-state index in [0.717, 1.165) is 24.9 Å². The van der Waals surface area contributed by atoms with Crippen LogP contribution >= 0.6 is 0 Å². The summed E-state index contributed by atoms with van der Waals surface area (Å²) in [6, 6.07) is 6.12. The van der Waals surface area contributed by atoms with Gasteiger partial charge >= 0.3 is 0 Å². The first-order valence-corrected chi connectivity index (χ1v) is 14.8. The lowest BCUT2D eigenvalue weighted by atomic mass is 9.52. The summed E-state index contributed by atoms with van der Waals surface area (Å²) in [4.78, 5) is 0. The number of phenols is 1. The third-order valence-electron chi connectivity index (χ3n) is 9.38. The van der Waals surface area contributed by atoms with Crippen molar-refractivity contribution in [2.45, 2.75) is 63.7 Å². The van der Waals surface area contributed by atoms with E-state index in [-0.39, 0.29) is 5.41 Å². The average Bonchev–Trinajstić information content (AvgIpc) is 3.05. The van der Waals surface area contributed by atoms with Gasteiger partial charge in [-0.05, 0) is 90.9 Å². The van der Waals surface area contributed by atoms with Gasteiger partial charge in [0, 0.05) is 13.7 Å². The van der Waals surface area contributed by atoms with Crippen LogP contribution in [0.2, 0.25) is 0 Å². The highest BCUT2D eigenvalue weighted by molar-refractivity contribution is 5.43. The first-order chi connectivity index (χ1) is 18.6. The van der Waals surface area contributed by atoms with E-state index in [0.29, 0.717) is 77.2 Å². The van der Waals surface area contributed by atoms with Crippen molar-refractivity contribution in [2.24, 2.45) is 17.3 Å². The molecule has 7 heteroatoms. The number of phenolic OH excluding ortho intramolecular Hbond substituents is 1. The molecule has 4 rings (SSSR count). The Morgan fingerprint density at radius 1 is 0.789 bits per heavy atom. The molecule has 0 heterocycles. The molecule has 3 aliphatic carbocycles. The fraction of sp³-hybridized carbons (Fsp3) is 0.806. The molecule has 3 aliphatic rings. The minimum atomic E-state index is 0.195. The van der Waals surface area contributed by atoms with Gasteiger partial charge in [0.1, 0.15) is 5.75 Å². The molecule has 2 fully saturated rings. The van der Waals surface area contributed by atoms with Crippen molar-refractivity contribution in [1.82, 2.24) is 0 Å². The SMILES string of the molecule is COCCOCCOCCOCCOCCOCCC12CCC[C@]3(C)c4cc(O)ccc4C[C@H](CC1)[C@@H]3C2. The van der Waals surface area contributed by atoms with E-state index in [1.807, 2.05) is 6.07 Å². The van der Waals surface area contributed by atoms with Crippen LogP contribution in [0.3, 0.4) is 0 Å². The molecule has 0 amide bonds. The number of fused-ring (bicyclic) bond motifs is 3. The lowest BCUT2D eigenvalue weighted by Gasteiger charge is -2.53. The normalized spacial score (nSPS) is 28.2. The van der Waals surface area contributed by atoms with Gasteiger partial charge in [0.05, 0.1) is 66.1 Å². The second-order valence-electron chi connectivity index (χ2n) is 11.7. The van der Waals surface area contributed by atoms with Crippen LogP contribution in [0.4, 0.5) is 0 Å². The molecule has 2 bridgehead atoms. The second-order valence-corrected chi connectivity index (χ2v) is 11.7. The Bertz CT molecular complexity index is 832. The number of rotatable bonds is 18. The van der Waals surface area contributed by atoms with Gasteiger partial charge in [-0.1, -0.05) is 19.4 Å². The summed E-state index contributed by atoms with van der Waals surface area (Å²) in [6.45, 7) is 9.17. The highest BCUT2D eigenvalue weighted by Crippen LogP contribution is 2.61. The van der Waals surface area contributed by atoms with E-state index in [4.69, 9.17) is 28.4 Å². The zero-order valence-corrected chi connectivity index (χ0v) is 23.7. The molecule has 1 aromatic carbocycles. The fourth-order valence-corrected chi connectivity index (χ4v) is 7.32. The van der Waals surface area contributed by atoms with Crippen molar-refractivity contribution in [3.63, 3.8) is 0 Å². The average molecular weight is 535 g/mol. The Balaban J connectivity index is 1.06. The molecule has 1 unspecified atom stereocenters. The van der Waals surface area contributed by atoms with E-state index in [1.165, 1.54) is 56.1 Å². The van der Waals surface area contributed by atoms with Gasteiger partial charge in [0.25, 0.3) is 0 Å². The predicted octanol–water partition coefficient (Wildman–Crippen LogP) is 4.91. The summed E-state index contributed by atoms with van der Waals surface area (Å²) in [5, 5.41) is 10.2. The zero-order chi connectivity index (χ0) is 26.7. The Morgan fingerprint density at radius 2 is 1.39 bits per heavy atom. The first-order valence-electron chi connectivity index (χ1n) is 14.8. The molecule has 0 aromatic heterocycles. The van der Waals surface area contributed by atoms with E-state index < -0.39 is 0 Å². The summed E-state index contributed by atoms with van der Waals surface area (Å²) in [5.41, 5.74) is 3.51. The summed E-state index contributed by atoms with van der Waals surface area (Å²) in [5.74, 6) is 1.92. The van der Waals surface area contributed by atoms with Gasteiger partial charge in [-0.2, -0.15) is 0 Å². The molecular weight excluding hydrogens is 484 g/mol. The maximum atomic E-state index is 10.2. The first kappa shape index (κ1) is 29.8. The van der Waals surface area contributed by atoms with Crippen molar-refractivity contribution >= 4 is 0 Å². The van der Waals surface area contributed by atoms with Crippen LogP contribution in [0.25, 0.3) is 0 Å². The molecule has 0 aliphatic heterocycles. The smallest absolute Gasteiger partial charge is 0.115 e. The topological polar surface area (TPSA) is 75.6 Å². The number of benzene rings is 1. The van der Waals surface area contributed by atoms with Crippen LogP contribution in [-0.2, 0) is 40.3 Å². The number of hydrogen-bond donors (Lipinski definition) is 1. The highest BCUT2D eigenvalue weighted by atomic mass is 16.6. The maximum Gasteiger partial charge on any atom is 0.115 e. The van der Waals surface area contributed by atoms with Crippen molar-refractivity contribution in [3.8, 4) is 5.75 Å². The molecule has 0 spiro atoms. The molecule has 0 radical (unpaired) electrons. The van der Waals surface area contributed by atoms with Crippen molar-refractivity contribution in [3.05, 3.63) is 29.3 Å². The summed E-state index contributed by atoms with van der Waals surface area (Å²) >= 11 is 0. The minimum Gasteiger partial charge on any atom is -0.508 e. The summed E-state index contributed by atoms with van der Waals surface area (Å²) in [7, 11) is 1.66. The molecule has 216 valence electrons. The van der Waals surface area contributed by atoms with Crippen LogP contribution in [-0.4, -0.2) is 84.9 Å². The van der Waals surface area contributed by atoms with E-state index in [1.54, 1.807) is 7.11 Å². The van der Waals surface area contributed by atoms with Gasteiger partial charge < -0.3 is 33.5 Å². The summed E-state index contributed by atoms with van der Waals surface area (Å²) in [6.07, 6.45) is 10.1. The maximum absolute atomic E-state index is 10.2. The predicted molar refractivity (Wildman–Crippen MR) is 147 cm³/mol. The molecule has 7 nitrogen and oxygen atoms in total. The third-order valence-corrected chi connectivity index (χ3v) is 9.38. The molecule has 2 saturated carbocycles. The van der Waals surface area contributed by atoms with Crippen LogP contribution in [0.5, 0.6) is 5.75 Å². The van der Waals surface area contributed by atoms with E-state index >= 15 is 0 Å². The Hall–Kier alpha value is -1.22. The minimum absolute atomic E-state index is 0.195. The van der Waals surface area contributed by atoms with Crippen molar-refractivity contribution in [2.75, 3.05) is 79.8 Å². The Morgan fingerprint density at radius 3 is 2.03 bits per heavy atom. The van der Waals surface area contributed by atoms with Crippen LogP contribution in [0.15, 0.2) is 18.2 Å². The van der Waals surface area contributed by atoms with Crippen LogP contribution in [0.1, 0.15) is 63.0 Å². The summed E-state index contributed by atoms with van der Waals surface area (Å²) < 4.78 is 33.0. The molecule has 38 heavy (non-hydrogen) atoms. The van der Waals surface area contributed by atoms with Crippen molar-refractivity contribution < 1.29 is 33.5 Å². The zero-order valence-electron chi connectivity index (χ0n) is 23.7. The molecule has 4 atom stereocenters. The lowest BCUT2D eigenvalue weighted by molar-refractivity contribution is -0.0203. The van der Waals surface area contributed by atoms with Crippen molar-refractivity contribution in [1.29, 1.82) is 0 Å². The largest absolute Gasteiger partial charge is 0.508 e. The quantitative estimate of drug-likeness (QED) is 0.268. The van der Waals surface area contributed by atoms with Gasteiger partial charge in [0.15, 0.2) is 0 Å². The molecular formula is C31H50O7. The second kappa shape index (κ2) is 15.0. The standard InChI is InChI=1S/C31H50O7/c1-30-7-3-8-31(9-6-26(29(30)24-31)22-25-4-5-27(32)23-28(25)30)10-11-34-14-15-36-18-19-38-21-20-37-17-16-35-13-12-33-2/h4-5,23,26,29,32H,3,6-22,24H2,1-2H3/t26-,29-,30+,31?/m0/s1. The lowest BCUT2D eigenvalue weighted by Crippen LogP contribution is -2.46. The monoisotopic (exact) mass is 534 g/mol. The molecule has 0 saturated heterocycles. The van der Waals surface area contributed by atoms with Gasteiger partial charge in [-0.25, -0.2) is 0 Å². The van der Waals surface area contributed by atoms with Gasteiger partial charge in [0.2, 0.25) is 0 Å². The fourth-order valence-electron chi connectivity index (χ4n) is 7.32. The highest BCUT2D eigenvalue weighted by Gasteiger charge is 2.53. The number of aromatic hydroxyl groups is 1. The van der Waals surface area contributed by atoms with E-state index in [9.17, 15) is 5.11 Å². The Labute approximate surface area is 229 Å². The third kappa shape index (κ3) is 7.92. The number of ether oxygens (including phenoxy) is 6. The van der Waals surface area contributed by atoms with Crippen LogP contribution < -0.4 is 0 Å².